The molecule has 1 fully saturated rings. The van der Waals surface area contributed by atoms with Crippen molar-refractivity contribution < 1.29 is 23.5 Å². The molecular weight excluding hydrogens is 424 g/mol. The summed E-state index contributed by atoms with van der Waals surface area (Å²) in [5.74, 6) is 0.676. The van der Waals surface area contributed by atoms with E-state index in [9.17, 15) is 9.59 Å². The first-order valence-electron chi connectivity index (χ1n) is 11.7. The van der Waals surface area contributed by atoms with Gasteiger partial charge in [0.1, 0.15) is 11.4 Å². The van der Waals surface area contributed by atoms with Crippen molar-refractivity contribution >= 4 is 12.1 Å². The fourth-order valence-electron chi connectivity index (χ4n) is 4.39. The molecule has 2 aliphatic rings. The van der Waals surface area contributed by atoms with Crippen LogP contribution in [0.2, 0.25) is 0 Å². The third kappa shape index (κ3) is 5.08. The van der Waals surface area contributed by atoms with Gasteiger partial charge in [-0.1, -0.05) is 0 Å². The van der Waals surface area contributed by atoms with Gasteiger partial charge in [-0.2, -0.15) is 5.10 Å². The number of nitrogens with zero attached hydrogens (tertiary/aromatic N) is 4. The number of hydrogen-bond acceptors (Lipinski definition) is 7. The maximum absolute atomic E-state index is 12.3. The highest BCUT2D eigenvalue weighted by Crippen LogP contribution is 2.38. The lowest BCUT2D eigenvalue weighted by atomic mass is 9.94. The highest BCUT2D eigenvalue weighted by Gasteiger charge is 2.30. The van der Waals surface area contributed by atoms with E-state index in [2.05, 4.69) is 11.1 Å². The molecule has 1 saturated heterocycles. The van der Waals surface area contributed by atoms with Crippen molar-refractivity contribution in [3.8, 4) is 11.3 Å². The number of rotatable bonds is 5. The monoisotopic (exact) mass is 458 g/mol. The second-order valence-electron chi connectivity index (χ2n) is 9.65. The summed E-state index contributed by atoms with van der Waals surface area (Å²) < 4.78 is 18.4. The van der Waals surface area contributed by atoms with E-state index >= 15 is 0 Å². The summed E-state index contributed by atoms with van der Waals surface area (Å²) in [6, 6.07) is 0. The van der Waals surface area contributed by atoms with Crippen molar-refractivity contribution in [2.75, 3.05) is 39.3 Å². The van der Waals surface area contributed by atoms with Gasteiger partial charge >= 0.3 is 12.1 Å². The number of hydrogen-bond donors (Lipinski definition) is 0. The van der Waals surface area contributed by atoms with Crippen LogP contribution in [0.15, 0.2) is 10.6 Å². The Bertz CT molecular complexity index is 1020. The minimum atomic E-state index is -0.474. The summed E-state index contributed by atoms with van der Waals surface area (Å²) in [5, 5.41) is 4.83. The molecule has 0 N–H and O–H groups in total. The van der Waals surface area contributed by atoms with E-state index in [0.717, 1.165) is 61.6 Å². The number of amides is 1. The number of esters is 1. The third-order valence-corrected chi connectivity index (χ3v) is 6.05. The Morgan fingerprint density at radius 2 is 1.85 bits per heavy atom. The zero-order chi connectivity index (χ0) is 23.8. The molecule has 0 atom stereocenters. The van der Waals surface area contributed by atoms with Crippen LogP contribution in [0.3, 0.4) is 0 Å². The van der Waals surface area contributed by atoms with E-state index in [1.807, 2.05) is 32.4 Å². The molecule has 2 aromatic heterocycles. The average Bonchev–Trinajstić information content (AvgIpc) is 3.32. The Morgan fingerprint density at radius 1 is 1.12 bits per heavy atom. The quantitative estimate of drug-likeness (QED) is 0.635. The number of fused-ring (bicyclic) bond motifs is 3. The van der Waals surface area contributed by atoms with Gasteiger partial charge in [0.15, 0.2) is 0 Å². The van der Waals surface area contributed by atoms with Gasteiger partial charge in [-0.3, -0.25) is 9.58 Å². The maximum Gasteiger partial charge on any atom is 0.410 e. The highest BCUT2D eigenvalue weighted by atomic mass is 16.6. The molecule has 4 rings (SSSR count). The predicted molar refractivity (Wildman–Crippen MR) is 122 cm³/mol. The van der Waals surface area contributed by atoms with Crippen LogP contribution in [0, 0.1) is 6.92 Å². The molecule has 0 saturated carbocycles. The van der Waals surface area contributed by atoms with Gasteiger partial charge in [0.05, 0.1) is 18.8 Å². The number of ether oxygens (including phenoxy) is 2. The molecule has 9 nitrogen and oxygen atoms in total. The third-order valence-electron chi connectivity index (χ3n) is 6.05. The summed E-state index contributed by atoms with van der Waals surface area (Å²) in [6.45, 7) is 14.2. The first kappa shape index (κ1) is 23.4. The van der Waals surface area contributed by atoms with Gasteiger partial charge < -0.3 is 18.8 Å². The molecule has 1 amide bonds. The number of furan rings is 1. The molecule has 0 bridgehead atoms. The van der Waals surface area contributed by atoms with E-state index in [4.69, 9.17) is 19.0 Å². The predicted octanol–water partition coefficient (Wildman–Crippen LogP) is 3.28. The van der Waals surface area contributed by atoms with Crippen LogP contribution in [-0.4, -0.2) is 76.6 Å². The normalized spacial score (nSPS) is 16.3. The van der Waals surface area contributed by atoms with Crippen molar-refractivity contribution in [1.82, 2.24) is 19.6 Å². The van der Waals surface area contributed by atoms with Gasteiger partial charge in [-0.05, 0) is 46.6 Å². The molecule has 9 heteroatoms. The Labute approximate surface area is 194 Å². The molecule has 0 radical (unpaired) electrons. The van der Waals surface area contributed by atoms with Crippen molar-refractivity contribution in [3.05, 3.63) is 28.8 Å². The fourth-order valence-corrected chi connectivity index (χ4v) is 4.39. The van der Waals surface area contributed by atoms with E-state index in [1.165, 1.54) is 5.56 Å². The second-order valence-corrected chi connectivity index (χ2v) is 9.65. The van der Waals surface area contributed by atoms with Gasteiger partial charge in [0.2, 0.25) is 5.76 Å². The van der Waals surface area contributed by atoms with Crippen molar-refractivity contribution in [3.63, 3.8) is 0 Å². The Morgan fingerprint density at radius 3 is 2.52 bits per heavy atom. The average molecular weight is 459 g/mol. The molecule has 33 heavy (non-hydrogen) atoms. The molecule has 2 aromatic rings. The minimum absolute atomic E-state index is 0.240. The molecule has 0 unspecified atom stereocenters. The summed E-state index contributed by atoms with van der Waals surface area (Å²) in [6.07, 6.45) is 3.45. The Hall–Kier alpha value is -2.81. The maximum atomic E-state index is 12.3. The topological polar surface area (TPSA) is 90.0 Å². The van der Waals surface area contributed by atoms with Gasteiger partial charge in [-0.15, -0.1) is 0 Å². The number of carbonyl (C=O) groups excluding carboxylic acids is 2. The van der Waals surface area contributed by atoms with E-state index in [-0.39, 0.29) is 11.9 Å². The standard InChI is InChI=1S/C24H34N4O5/c1-6-31-22(29)21-16(2)19-18(32-21)8-7-17-15-28(25-20(17)19)14-11-26-9-12-27(13-10-26)23(30)33-24(3,4)5/h15H,6-14H2,1-5H3. The van der Waals surface area contributed by atoms with Crippen LogP contribution in [0.5, 0.6) is 0 Å². The Kier molecular flexibility index (Phi) is 6.52. The molecule has 3 heterocycles. The molecule has 180 valence electrons. The van der Waals surface area contributed by atoms with Crippen LogP contribution >= 0.6 is 0 Å². The van der Waals surface area contributed by atoms with Crippen LogP contribution in [0.25, 0.3) is 11.3 Å². The van der Waals surface area contributed by atoms with E-state index < -0.39 is 11.6 Å². The van der Waals surface area contributed by atoms with Gasteiger partial charge in [-0.25, -0.2) is 9.59 Å². The van der Waals surface area contributed by atoms with Crippen molar-refractivity contribution in [2.24, 2.45) is 0 Å². The molecule has 1 aliphatic heterocycles. The lowest BCUT2D eigenvalue weighted by Gasteiger charge is -2.35. The number of piperazine rings is 1. The zero-order valence-electron chi connectivity index (χ0n) is 20.3. The smallest absolute Gasteiger partial charge is 0.410 e. The van der Waals surface area contributed by atoms with Crippen molar-refractivity contribution in [2.45, 2.75) is 59.6 Å². The first-order chi connectivity index (χ1) is 15.7. The zero-order valence-corrected chi connectivity index (χ0v) is 20.3. The van der Waals surface area contributed by atoms with Crippen LogP contribution in [-0.2, 0) is 28.9 Å². The lowest BCUT2D eigenvalue weighted by molar-refractivity contribution is 0.0142. The first-order valence-corrected chi connectivity index (χ1v) is 11.7. The number of aromatic nitrogens is 2. The minimum Gasteiger partial charge on any atom is -0.460 e. The summed E-state index contributed by atoms with van der Waals surface area (Å²) in [7, 11) is 0. The lowest BCUT2D eigenvalue weighted by Crippen LogP contribution is -2.50. The second kappa shape index (κ2) is 9.21. The molecule has 0 spiro atoms. The summed E-state index contributed by atoms with van der Waals surface area (Å²) >= 11 is 0. The van der Waals surface area contributed by atoms with Gasteiger partial charge in [0.25, 0.3) is 0 Å². The van der Waals surface area contributed by atoms with Crippen molar-refractivity contribution in [1.29, 1.82) is 0 Å². The molecular formula is C24H34N4O5. The SMILES string of the molecule is CCOC(=O)c1oc2c(c1C)-c1nn(CCN3CCN(C(=O)OC(C)(C)C)CC3)cc1CC2. The Balaban J connectivity index is 1.37. The highest BCUT2D eigenvalue weighted by molar-refractivity contribution is 5.91. The van der Waals surface area contributed by atoms with Gasteiger partial charge in [0, 0.05) is 56.5 Å². The molecule has 0 aromatic carbocycles. The van der Waals surface area contributed by atoms with Crippen LogP contribution in [0.4, 0.5) is 4.79 Å². The number of aryl methyl sites for hydroxylation is 2. The van der Waals surface area contributed by atoms with E-state index in [1.54, 1.807) is 11.8 Å². The largest absolute Gasteiger partial charge is 0.460 e. The fraction of sp³-hybridized carbons (Fsp3) is 0.625. The summed E-state index contributed by atoms with van der Waals surface area (Å²) in [5.41, 5.74) is 3.34. The summed E-state index contributed by atoms with van der Waals surface area (Å²) in [4.78, 5) is 28.6. The van der Waals surface area contributed by atoms with E-state index in [0.29, 0.717) is 19.7 Å². The van der Waals surface area contributed by atoms with Crippen LogP contribution < -0.4 is 0 Å². The van der Waals surface area contributed by atoms with Crippen LogP contribution in [0.1, 0.15) is 55.1 Å². The molecule has 1 aliphatic carbocycles. The number of carbonyl (C=O) groups is 2.